The number of rotatable bonds is 12. The van der Waals surface area contributed by atoms with Crippen LogP contribution in [0, 0.1) is 11.8 Å². The number of carbonyl (C=O) groups excluding carboxylic acids is 1. The molecule has 0 aromatic heterocycles. The molecule has 5 nitrogen and oxygen atoms in total. The van der Waals surface area contributed by atoms with Crippen LogP contribution in [0.1, 0.15) is 54.4 Å². The fourth-order valence-corrected chi connectivity index (χ4v) is 5.89. The normalized spacial score (nSPS) is 19.0. The van der Waals surface area contributed by atoms with Crippen LogP contribution in [0.3, 0.4) is 0 Å². The molecule has 1 fully saturated rings. The Morgan fingerprint density at radius 2 is 1.55 bits per heavy atom. The van der Waals surface area contributed by atoms with Crippen LogP contribution in [0.2, 0.25) is 0 Å². The second kappa shape index (κ2) is 14.0. The second-order valence-corrected chi connectivity index (χ2v) is 10.9. The van der Waals surface area contributed by atoms with E-state index in [9.17, 15) is 9.90 Å². The van der Waals surface area contributed by atoms with Gasteiger partial charge < -0.3 is 20.1 Å². The van der Waals surface area contributed by atoms with E-state index in [-0.39, 0.29) is 23.3 Å². The summed E-state index contributed by atoms with van der Waals surface area (Å²) in [6.45, 7) is 0.402. The Hall–Kier alpha value is -3.31. The van der Waals surface area contributed by atoms with Crippen molar-refractivity contribution < 1.29 is 14.6 Å². The summed E-state index contributed by atoms with van der Waals surface area (Å²) in [5, 5.41) is 13.1. The molecular formula is C33H42N2O3. The van der Waals surface area contributed by atoms with Crippen molar-refractivity contribution in [2.45, 2.75) is 57.1 Å². The van der Waals surface area contributed by atoms with E-state index in [1.165, 1.54) is 43.7 Å². The minimum Gasteiger partial charge on any atom is -0.507 e. The summed E-state index contributed by atoms with van der Waals surface area (Å²) in [6, 6.07) is 27.9. The minimum atomic E-state index is -0.277. The molecular weight excluding hydrogens is 472 g/mol. The molecule has 2 unspecified atom stereocenters. The molecule has 1 aliphatic rings. The van der Waals surface area contributed by atoms with Gasteiger partial charge in [-0.15, -0.1) is 0 Å². The van der Waals surface area contributed by atoms with E-state index in [1.807, 2.05) is 30.3 Å². The van der Waals surface area contributed by atoms with Gasteiger partial charge in [0.15, 0.2) is 0 Å². The Kier molecular flexibility index (Phi) is 10.2. The lowest BCUT2D eigenvalue weighted by atomic mass is 9.75. The number of nitrogens with one attached hydrogen (secondary N) is 1. The van der Waals surface area contributed by atoms with E-state index >= 15 is 0 Å². The molecule has 1 saturated carbocycles. The Morgan fingerprint density at radius 1 is 0.921 bits per heavy atom. The number of benzene rings is 3. The minimum absolute atomic E-state index is 0.00781. The number of hydrogen-bond donors (Lipinski definition) is 2. The quantitative estimate of drug-likeness (QED) is 0.297. The molecule has 0 spiro atoms. The molecule has 3 aromatic rings. The van der Waals surface area contributed by atoms with Crippen LogP contribution in [0.4, 0.5) is 0 Å². The van der Waals surface area contributed by atoms with Crippen molar-refractivity contribution in [2.75, 3.05) is 20.6 Å². The number of hydrogen-bond acceptors (Lipinski definition) is 4. The van der Waals surface area contributed by atoms with Crippen molar-refractivity contribution in [3.05, 3.63) is 96.1 Å². The zero-order chi connectivity index (χ0) is 26.7. The fourth-order valence-electron chi connectivity index (χ4n) is 5.89. The summed E-state index contributed by atoms with van der Waals surface area (Å²) in [7, 11) is 4.44. The van der Waals surface area contributed by atoms with Crippen molar-refractivity contribution >= 4 is 5.91 Å². The molecule has 38 heavy (non-hydrogen) atoms. The van der Waals surface area contributed by atoms with Gasteiger partial charge in [0.25, 0.3) is 5.91 Å². The Morgan fingerprint density at radius 3 is 2.21 bits per heavy atom. The first kappa shape index (κ1) is 27.7. The van der Waals surface area contributed by atoms with E-state index in [1.54, 1.807) is 18.2 Å². The maximum Gasteiger partial charge on any atom is 0.255 e. The SMILES string of the molecule is CN(C)C(CCc1ccccc1)C1CCC(CC(CNC(=O)c2ccccc2O)Oc2ccccc2)CC1. The van der Waals surface area contributed by atoms with E-state index in [2.05, 4.69) is 54.6 Å². The molecule has 2 atom stereocenters. The van der Waals surface area contributed by atoms with Crippen LogP contribution in [0.5, 0.6) is 11.5 Å². The van der Waals surface area contributed by atoms with Gasteiger partial charge in [-0.1, -0.05) is 60.7 Å². The number of aromatic hydroxyl groups is 1. The number of phenols is 1. The number of amides is 1. The monoisotopic (exact) mass is 514 g/mol. The molecule has 2 N–H and O–H groups in total. The van der Waals surface area contributed by atoms with Crippen molar-refractivity contribution in [3.8, 4) is 11.5 Å². The summed E-state index contributed by atoms with van der Waals surface area (Å²) in [4.78, 5) is 15.1. The molecule has 0 radical (unpaired) electrons. The molecule has 1 aliphatic carbocycles. The molecule has 202 valence electrons. The second-order valence-electron chi connectivity index (χ2n) is 10.9. The first-order valence-corrected chi connectivity index (χ1v) is 14.0. The number of ether oxygens (including phenoxy) is 1. The van der Waals surface area contributed by atoms with Gasteiger partial charge in [-0.05, 0) is 101 Å². The maximum atomic E-state index is 12.7. The largest absolute Gasteiger partial charge is 0.507 e. The third kappa shape index (κ3) is 8.09. The lowest BCUT2D eigenvalue weighted by Gasteiger charge is -2.38. The molecule has 0 bridgehead atoms. The number of para-hydroxylation sites is 2. The molecule has 1 amide bonds. The third-order valence-corrected chi connectivity index (χ3v) is 7.95. The topological polar surface area (TPSA) is 61.8 Å². The van der Waals surface area contributed by atoms with Crippen molar-refractivity contribution in [1.29, 1.82) is 0 Å². The third-order valence-electron chi connectivity index (χ3n) is 7.95. The highest BCUT2D eigenvalue weighted by molar-refractivity contribution is 5.96. The van der Waals surface area contributed by atoms with Crippen molar-refractivity contribution in [2.24, 2.45) is 11.8 Å². The lowest BCUT2D eigenvalue weighted by Crippen LogP contribution is -2.39. The van der Waals surface area contributed by atoms with Crippen LogP contribution in [-0.2, 0) is 6.42 Å². The number of aryl methyl sites for hydroxylation is 1. The molecule has 0 aliphatic heterocycles. The zero-order valence-corrected chi connectivity index (χ0v) is 22.8. The van der Waals surface area contributed by atoms with E-state index < -0.39 is 0 Å². The Balaban J connectivity index is 1.33. The predicted octanol–water partition coefficient (Wildman–Crippen LogP) is 6.33. The van der Waals surface area contributed by atoms with Crippen molar-refractivity contribution in [1.82, 2.24) is 10.2 Å². The van der Waals surface area contributed by atoms with Gasteiger partial charge in [0, 0.05) is 6.04 Å². The van der Waals surface area contributed by atoms with E-state index in [0.717, 1.165) is 18.6 Å². The molecule has 3 aromatic carbocycles. The number of nitrogens with zero attached hydrogens (tertiary/aromatic N) is 1. The van der Waals surface area contributed by atoms with Crippen LogP contribution in [0.15, 0.2) is 84.9 Å². The van der Waals surface area contributed by atoms with Crippen molar-refractivity contribution in [3.63, 3.8) is 0 Å². The summed E-state index contributed by atoms with van der Waals surface area (Å²) in [6.07, 6.45) is 7.90. The number of carbonyl (C=O) groups is 1. The Labute approximate surface area is 227 Å². The van der Waals surface area contributed by atoms with Gasteiger partial charge in [0.2, 0.25) is 0 Å². The van der Waals surface area contributed by atoms with Crippen LogP contribution in [0.25, 0.3) is 0 Å². The molecule has 0 heterocycles. The van der Waals surface area contributed by atoms with Gasteiger partial charge in [0.1, 0.15) is 17.6 Å². The fraction of sp³-hybridized carbons (Fsp3) is 0.424. The smallest absolute Gasteiger partial charge is 0.255 e. The van der Waals surface area contributed by atoms with E-state index in [0.29, 0.717) is 24.4 Å². The molecule has 4 rings (SSSR count). The first-order valence-electron chi connectivity index (χ1n) is 14.0. The van der Waals surface area contributed by atoms with Crippen LogP contribution < -0.4 is 10.1 Å². The number of phenolic OH excluding ortho intramolecular Hbond substituents is 1. The average molecular weight is 515 g/mol. The van der Waals surface area contributed by atoms with Gasteiger partial charge in [-0.25, -0.2) is 0 Å². The van der Waals surface area contributed by atoms with Crippen LogP contribution >= 0.6 is 0 Å². The van der Waals surface area contributed by atoms with Crippen LogP contribution in [-0.4, -0.2) is 48.7 Å². The first-order chi connectivity index (χ1) is 18.5. The maximum absolute atomic E-state index is 12.7. The van der Waals surface area contributed by atoms with Gasteiger partial charge >= 0.3 is 0 Å². The lowest BCUT2D eigenvalue weighted by molar-refractivity contribution is 0.0884. The highest BCUT2D eigenvalue weighted by Crippen LogP contribution is 2.36. The van der Waals surface area contributed by atoms with E-state index in [4.69, 9.17) is 4.74 Å². The van der Waals surface area contributed by atoms with Gasteiger partial charge in [-0.2, -0.15) is 0 Å². The summed E-state index contributed by atoms with van der Waals surface area (Å²) in [5.41, 5.74) is 1.71. The summed E-state index contributed by atoms with van der Waals surface area (Å²) in [5.74, 6) is 1.81. The molecule has 0 saturated heterocycles. The summed E-state index contributed by atoms with van der Waals surface area (Å²) < 4.78 is 6.35. The average Bonchev–Trinajstić information content (AvgIpc) is 2.94. The predicted molar refractivity (Wildman–Crippen MR) is 154 cm³/mol. The standard InChI is InChI=1S/C33H42N2O3/c1-35(2)31(22-19-25-11-5-3-6-12-25)27-20-17-26(18-21-27)23-29(38-28-13-7-4-8-14-28)24-34-33(37)30-15-9-10-16-32(30)36/h3-16,26-27,29,31,36H,17-24H2,1-2H3,(H,34,37). The highest BCUT2D eigenvalue weighted by atomic mass is 16.5. The van der Waals surface area contributed by atoms with Gasteiger partial charge in [-0.3, -0.25) is 4.79 Å². The Bertz CT molecular complexity index is 1110. The molecule has 5 heteroatoms. The van der Waals surface area contributed by atoms with Gasteiger partial charge in [0.05, 0.1) is 12.1 Å². The zero-order valence-electron chi connectivity index (χ0n) is 22.8. The highest BCUT2D eigenvalue weighted by Gasteiger charge is 2.30. The summed E-state index contributed by atoms with van der Waals surface area (Å²) >= 11 is 0.